The Balaban J connectivity index is 2.27. The van der Waals surface area contributed by atoms with E-state index in [1.807, 2.05) is 6.07 Å². The van der Waals surface area contributed by atoms with E-state index in [0.717, 1.165) is 19.4 Å². The zero-order valence-corrected chi connectivity index (χ0v) is 9.74. The van der Waals surface area contributed by atoms with Gasteiger partial charge in [-0.05, 0) is 25.3 Å². The molecule has 0 saturated carbocycles. The van der Waals surface area contributed by atoms with Gasteiger partial charge in [-0.25, -0.2) is 0 Å². The summed E-state index contributed by atoms with van der Waals surface area (Å²) in [6.07, 6.45) is 2.10. The van der Waals surface area contributed by atoms with Crippen molar-refractivity contribution in [2.75, 3.05) is 6.54 Å². The minimum Gasteiger partial charge on any atom is -0.326 e. The minimum absolute atomic E-state index is 0.210. The van der Waals surface area contributed by atoms with E-state index >= 15 is 0 Å². The first-order chi connectivity index (χ1) is 7.22. The monoisotopic (exact) mass is 206 g/mol. The zero-order valence-electron chi connectivity index (χ0n) is 9.74. The van der Waals surface area contributed by atoms with Crippen LogP contribution in [-0.2, 0) is 6.42 Å². The highest BCUT2D eigenvalue weighted by atomic mass is 14.9. The van der Waals surface area contributed by atoms with Crippen LogP contribution in [0.5, 0.6) is 0 Å². The van der Waals surface area contributed by atoms with Crippen molar-refractivity contribution in [2.24, 2.45) is 5.73 Å². The van der Waals surface area contributed by atoms with E-state index in [1.165, 1.54) is 5.56 Å². The third-order valence-corrected chi connectivity index (χ3v) is 2.68. The van der Waals surface area contributed by atoms with Crippen LogP contribution < -0.4 is 11.1 Å². The van der Waals surface area contributed by atoms with Gasteiger partial charge in [-0.15, -0.1) is 0 Å². The van der Waals surface area contributed by atoms with Crippen molar-refractivity contribution in [1.29, 1.82) is 0 Å². The van der Waals surface area contributed by atoms with Gasteiger partial charge in [0.2, 0.25) is 0 Å². The van der Waals surface area contributed by atoms with Crippen LogP contribution in [0.3, 0.4) is 0 Å². The maximum Gasteiger partial charge on any atom is 0.0206 e. The van der Waals surface area contributed by atoms with Gasteiger partial charge < -0.3 is 11.1 Å². The number of nitrogens with one attached hydrogen (secondary N) is 1. The largest absolute Gasteiger partial charge is 0.326 e. The van der Waals surface area contributed by atoms with E-state index in [-0.39, 0.29) is 6.04 Å². The Bertz CT molecular complexity index is 258. The lowest BCUT2D eigenvalue weighted by molar-refractivity contribution is 0.491. The molecule has 15 heavy (non-hydrogen) atoms. The van der Waals surface area contributed by atoms with Crippen LogP contribution in [0, 0.1) is 0 Å². The Morgan fingerprint density at radius 1 is 1.27 bits per heavy atom. The van der Waals surface area contributed by atoms with Gasteiger partial charge in [0.25, 0.3) is 0 Å². The third-order valence-electron chi connectivity index (χ3n) is 2.68. The van der Waals surface area contributed by atoms with E-state index < -0.39 is 0 Å². The van der Waals surface area contributed by atoms with Gasteiger partial charge in [-0.2, -0.15) is 0 Å². The topological polar surface area (TPSA) is 38.0 Å². The fourth-order valence-corrected chi connectivity index (χ4v) is 1.49. The molecule has 0 radical (unpaired) electrons. The SMILES string of the molecule is CCC(C)NCC(N)Cc1ccccc1. The molecule has 0 heterocycles. The predicted molar refractivity (Wildman–Crippen MR) is 65.9 cm³/mol. The van der Waals surface area contributed by atoms with Crippen LogP contribution in [0.4, 0.5) is 0 Å². The fourth-order valence-electron chi connectivity index (χ4n) is 1.49. The van der Waals surface area contributed by atoms with E-state index in [2.05, 4.69) is 43.4 Å². The molecule has 0 aromatic heterocycles. The van der Waals surface area contributed by atoms with E-state index in [9.17, 15) is 0 Å². The van der Waals surface area contributed by atoms with E-state index in [4.69, 9.17) is 5.73 Å². The second kappa shape index (κ2) is 6.59. The summed E-state index contributed by atoms with van der Waals surface area (Å²) < 4.78 is 0. The predicted octanol–water partition coefficient (Wildman–Crippen LogP) is 1.94. The lowest BCUT2D eigenvalue weighted by atomic mass is 10.1. The molecule has 1 rings (SSSR count). The molecule has 3 N–H and O–H groups in total. The number of benzene rings is 1. The molecule has 0 fully saturated rings. The van der Waals surface area contributed by atoms with Crippen molar-refractivity contribution < 1.29 is 0 Å². The first-order valence-corrected chi connectivity index (χ1v) is 5.75. The maximum atomic E-state index is 6.05. The summed E-state index contributed by atoms with van der Waals surface area (Å²) in [5, 5.41) is 3.43. The number of rotatable bonds is 6. The normalized spacial score (nSPS) is 14.9. The second-order valence-electron chi connectivity index (χ2n) is 4.17. The molecule has 0 aliphatic carbocycles. The molecular formula is C13H22N2. The Morgan fingerprint density at radius 2 is 1.93 bits per heavy atom. The molecule has 2 atom stereocenters. The van der Waals surface area contributed by atoms with Gasteiger partial charge in [-0.1, -0.05) is 37.3 Å². The van der Waals surface area contributed by atoms with Gasteiger partial charge in [0.05, 0.1) is 0 Å². The van der Waals surface area contributed by atoms with Crippen molar-refractivity contribution in [3.8, 4) is 0 Å². The highest BCUT2D eigenvalue weighted by Gasteiger charge is 2.05. The van der Waals surface area contributed by atoms with Gasteiger partial charge in [0.1, 0.15) is 0 Å². The minimum atomic E-state index is 0.210. The number of nitrogens with two attached hydrogens (primary N) is 1. The van der Waals surface area contributed by atoms with Crippen LogP contribution >= 0.6 is 0 Å². The molecule has 1 aromatic rings. The van der Waals surface area contributed by atoms with Gasteiger partial charge in [0, 0.05) is 18.6 Å². The highest BCUT2D eigenvalue weighted by molar-refractivity contribution is 5.15. The van der Waals surface area contributed by atoms with Crippen molar-refractivity contribution in [1.82, 2.24) is 5.32 Å². The van der Waals surface area contributed by atoms with Gasteiger partial charge >= 0.3 is 0 Å². The molecule has 0 amide bonds. The standard InChI is InChI=1S/C13H22N2/c1-3-11(2)15-10-13(14)9-12-7-5-4-6-8-12/h4-8,11,13,15H,3,9-10,14H2,1-2H3. The summed E-state index contributed by atoms with van der Waals surface area (Å²) in [6.45, 7) is 5.26. The Hall–Kier alpha value is -0.860. The van der Waals surface area contributed by atoms with Gasteiger partial charge in [-0.3, -0.25) is 0 Å². The highest BCUT2D eigenvalue weighted by Crippen LogP contribution is 2.01. The van der Waals surface area contributed by atoms with E-state index in [1.54, 1.807) is 0 Å². The smallest absolute Gasteiger partial charge is 0.0206 e. The van der Waals surface area contributed by atoms with Crippen molar-refractivity contribution >= 4 is 0 Å². The summed E-state index contributed by atoms with van der Waals surface area (Å²) in [4.78, 5) is 0. The van der Waals surface area contributed by atoms with Gasteiger partial charge in [0.15, 0.2) is 0 Å². The van der Waals surface area contributed by atoms with E-state index in [0.29, 0.717) is 6.04 Å². The maximum absolute atomic E-state index is 6.05. The molecule has 2 heteroatoms. The number of hydrogen-bond donors (Lipinski definition) is 2. The first kappa shape index (κ1) is 12.2. The Labute approximate surface area is 92.9 Å². The quantitative estimate of drug-likeness (QED) is 0.746. The summed E-state index contributed by atoms with van der Waals surface area (Å²) in [5.74, 6) is 0. The summed E-state index contributed by atoms with van der Waals surface area (Å²) in [5.41, 5.74) is 7.36. The molecule has 0 aliphatic heterocycles. The molecule has 0 aliphatic rings. The molecule has 84 valence electrons. The lowest BCUT2D eigenvalue weighted by Crippen LogP contribution is -2.39. The molecule has 0 saturated heterocycles. The first-order valence-electron chi connectivity index (χ1n) is 5.75. The van der Waals surface area contributed by atoms with Crippen molar-refractivity contribution in [2.45, 2.75) is 38.8 Å². The molecule has 1 aromatic carbocycles. The summed E-state index contributed by atoms with van der Waals surface area (Å²) in [7, 11) is 0. The van der Waals surface area contributed by atoms with Crippen molar-refractivity contribution in [3.05, 3.63) is 35.9 Å². The Morgan fingerprint density at radius 3 is 2.53 bits per heavy atom. The third kappa shape index (κ3) is 4.96. The molecular weight excluding hydrogens is 184 g/mol. The lowest BCUT2D eigenvalue weighted by Gasteiger charge is -2.16. The molecule has 2 unspecified atom stereocenters. The molecule has 0 bridgehead atoms. The second-order valence-corrected chi connectivity index (χ2v) is 4.17. The van der Waals surface area contributed by atoms with Crippen LogP contribution in [-0.4, -0.2) is 18.6 Å². The molecule has 0 spiro atoms. The van der Waals surface area contributed by atoms with Crippen molar-refractivity contribution in [3.63, 3.8) is 0 Å². The number of hydrogen-bond acceptors (Lipinski definition) is 2. The average Bonchev–Trinajstić information content (AvgIpc) is 2.27. The van der Waals surface area contributed by atoms with Crippen LogP contribution in [0.15, 0.2) is 30.3 Å². The fraction of sp³-hybridized carbons (Fsp3) is 0.538. The van der Waals surface area contributed by atoms with Crippen LogP contribution in [0.1, 0.15) is 25.8 Å². The summed E-state index contributed by atoms with van der Waals surface area (Å²) in [6, 6.07) is 11.2. The zero-order chi connectivity index (χ0) is 11.1. The Kier molecular flexibility index (Phi) is 5.37. The average molecular weight is 206 g/mol. The molecule has 2 nitrogen and oxygen atoms in total. The van der Waals surface area contributed by atoms with Crippen LogP contribution in [0.25, 0.3) is 0 Å². The van der Waals surface area contributed by atoms with Crippen LogP contribution in [0.2, 0.25) is 0 Å². The summed E-state index contributed by atoms with van der Waals surface area (Å²) >= 11 is 0.